The van der Waals surface area contributed by atoms with E-state index >= 15 is 0 Å². The molecule has 1 fully saturated rings. The van der Waals surface area contributed by atoms with Gasteiger partial charge in [0.05, 0.1) is 35.0 Å². The molecule has 0 saturated heterocycles. The van der Waals surface area contributed by atoms with Crippen LogP contribution in [0.15, 0.2) is 67.1 Å². The largest absolute Gasteiger partial charge is 0.338 e. The highest BCUT2D eigenvalue weighted by Crippen LogP contribution is 2.34. The van der Waals surface area contributed by atoms with Crippen molar-refractivity contribution in [3.63, 3.8) is 0 Å². The van der Waals surface area contributed by atoms with Gasteiger partial charge in [-0.15, -0.1) is 0 Å². The Morgan fingerprint density at radius 3 is 2.74 bits per heavy atom. The lowest BCUT2D eigenvalue weighted by Crippen LogP contribution is -2.21. The Morgan fingerprint density at radius 2 is 1.93 bits per heavy atom. The minimum atomic E-state index is -3.44. The van der Waals surface area contributed by atoms with Crippen molar-refractivity contribution in [2.24, 2.45) is 5.92 Å². The molecule has 13 heteroatoms. The summed E-state index contributed by atoms with van der Waals surface area (Å²) < 4.78 is 40.1. The first-order valence-electron chi connectivity index (χ1n) is 13.5. The number of benzene rings is 1. The van der Waals surface area contributed by atoms with Crippen LogP contribution in [0.25, 0.3) is 55.8 Å². The molecule has 1 amide bonds. The van der Waals surface area contributed by atoms with Crippen molar-refractivity contribution >= 4 is 43.7 Å². The first kappa shape index (κ1) is 26.9. The predicted octanol–water partition coefficient (Wildman–Crippen LogP) is 4.77. The summed E-state index contributed by atoms with van der Waals surface area (Å²) in [7, 11) is -3.44. The average molecular weight is 597 g/mol. The van der Waals surface area contributed by atoms with Crippen molar-refractivity contribution < 1.29 is 17.6 Å². The number of hydrogen-bond donors (Lipinski definition) is 4. The number of halogens is 1. The number of anilines is 1. The van der Waals surface area contributed by atoms with Crippen LogP contribution in [0.4, 0.5) is 10.1 Å². The van der Waals surface area contributed by atoms with Gasteiger partial charge in [0.2, 0.25) is 15.9 Å². The zero-order valence-electron chi connectivity index (χ0n) is 22.8. The van der Waals surface area contributed by atoms with E-state index in [9.17, 15) is 17.6 Å². The predicted molar refractivity (Wildman–Crippen MR) is 161 cm³/mol. The number of nitrogens with zero attached hydrogens (tertiary/aromatic N) is 4. The standard InChI is InChI=1S/C30H25FN8O3S/c1-43(41,42)34-13-16-8-18(10-20(31)9-16)22-6-7-33-29-23(22)12-26(37-29)28-27-25(38-39-28)5-4-24(36-27)19-11-21(15-32-14-19)35-30(40)17-2-3-17/h4-12,14-15,17,34H,2-3,13H2,1H3,(H,33,37)(H,35,40)(H,38,39). The van der Waals surface area contributed by atoms with Gasteiger partial charge in [-0.3, -0.25) is 14.9 Å². The maximum absolute atomic E-state index is 14.6. The van der Waals surface area contributed by atoms with E-state index in [2.05, 4.69) is 35.2 Å². The van der Waals surface area contributed by atoms with Crippen molar-refractivity contribution in [3.05, 3.63) is 78.5 Å². The number of rotatable bonds is 8. The van der Waals surface area contributed by atoms with Crippen molar-refractivity contribution in [3.8, 4) is 33.8 Å². The molecule has 216 valence electrons. The van der Waals surface area contributed by atoms with Gasteiger partial charge in [-0.25, -0.2) is 27.5 Å². The molecule has 11 nitrogen and oxygen atoms in total. The van der Waals surface area contributed by atoms with Crippen molar-refractivity contribution in [2.45, 2.75) is 19.4 Å². The molecule has 0 radical (unpaired) electrons. The van der Waals surface area contributed by atoms with Gasteiger partial charge in [-0.1, -0.05) is 0 Å². The van der Waals surface area contributed by atoms with E-state index in [0.717, 1.165) is 41.1 Å². The van der Waals surface area contributed by atoms with Gasteiger partial charge >= 0.3 is 0 Å². The third-order valence-electron chi connectivity index (χ3n) is 7.25. The summed E-state index contributed by atoms with van der Waals surface area (Å²) in [5.74, 6) is -0.395. The number of carbonyl (C=O) groups is 1. The highest BCUT2D eigenvalue weighted by Gasteiger charge is 2.29. The summed E-state index contributed by atoms with van der Waals surface area (Å²) >= 11 is 0. The summed E-state index contributed by atoms with van der Waals surface area (Å²) in [4.78, 5) is 29.2. The molecule has 1 saturated carbocycles. The number of hydrogen-bond acceptors (Lipinski definition) is 7. The van der Waals surface area contributed by atoms with Crippen LogP contribution in [0.3, 0.4) is 0 Å². The van der Waals surface area contributed by atoms with Crippen LogP contribution in [0.5, 0.6) is 0 Å². The zero-order chi connectivity index (χ0) is 29.7. The maximum atomic E-state index is 14.6. The second-order valence-corrected chi connectivity index (χ2v) is 12.5. The lowest BCUT2D eigenvalue weighted by atomic mass is 10.0. The lowest BCUT2D eigenvalue weighted by Gasteiger charge is -2.08. The van der Waals surface area contributed by atoms with Gasteiger partial charge in [0.25, 0.3) is 0 Å². The molecule has 0 unspecified atom stereocenters. The van der Waals surface area contributed by atoms with Gasteiger partial charge in [-0.2, -0.15) is 5.10 Å². The van der Waals surface area contributed by atoms with E-state index in [4.69, 9.17) is 4.98 Å². The highest BCUT2D eigenvalue weighted by atomic mass is 32.2. The van der Waals surface area contributed by atoms with E-state index in [1.54, 1.807) is 30.7 Å². The van der Waals surface area contributed by atoms with Crippen LogP contribution in [0.1, 0.15) is 18.4 Å². The van der Waals surface area contributed by atoms with Crippen LogP contribution in [0.2, 0.25) is 0 Å². The molecule has 1 aliphatic rings. The number of aromatic amines is 2. The van der Waals surface area contributed by atoms with Crippen LogP contribution in [-0.4, -0.2) is 50.7 Å². The number of amides is 1. The Hall–Kier alpha value is -5.01. The van der Waals surface area contributed by atoms with Gasteiger partial charge in [0.1, 0.15) is 22.7 Å². The summed E-state index contributed by atoms with van der Waals surface area (Å²) in [6, 6.07) is 13.7. The molecule has 0 aliphatic heterocycles. The number of aromatic nitrogens is 6. The summed E-state index contributed by atoms with van der Waals surface area (Å²) in [5.41, 5.74) is 6.96. The van der Waals surface area contributed by atoms with Gasteiger partial charge in [0.15, 0.2) is 0 Å². The third-order valence-corrected chi connectivity index (χ3v) is 7.92. The Kier molecular flexibility index (Phi) is 6.47. The first-order chi connectivity index (χ1) is 20.7. The van der Waals surface area contributed by atoms with Crippen LogP contribution >= 0.6 is 0 Å². The highest BCUT2D eigenvalue weighted by molar-refractivity contribution is 7.88. The normalized spacial score (nSPS) is 13.5. The van der Waals surface area contributed by atoms with E-state index in [0.29, 0.717) is 45.1 Å². The summed E-state index contributed by atoms with van der Waals surface area (Å²) in [6.07, 6.45) is 7.82. The Balaban J connectivity index is 1.25. The minimum Gasteiger partial charge on any atom is -0.338 e. The molecule has 1 aliphatic carbocycles. The monoisotopic (exact) mass is 596 g/mol. The number of sulfonamides is 1. The molecule has 0 atom stereocenters. The van der Waals surface area contributed by atoms with E-state index < -0.39 is 15.8 Å². The number of carbonyl (C=O) groups excluding carboxylic acids is 1. The van der Waals surface area contributed by atoms with E-state index in [1.165, 1.54) is 12.1 Å². The van der Waals surface area contributed by atoms with Gasteiger partial charge in [0, 0.05) is 35.8 Å². The molecule has 5 aromatic heterocycles. The second kappa shape index (κ2) is 10.4. The topological polar surface area (TPSA) is 158 Å². The van der Waals surface area contributed by atoms with Crippen molar-refractivity contribution in [1.82, 2.24) is 34.9 Å². The van der Waals surface area contributed by atoms with Crippen molar-refractivity contribution in [2.75, 3.05) is 11.6 Å². The minimum absolute atomic E-state index is 0.00584. The molecule has 0 bridgehead atoms. The van der Waals surface area contributed by atoms with Gasteiger partial charge in [-0.05, 0) is 78.1 Å². The average Bonchev–Trinajstić information content (AvgIpc) is 3.61. The van der Waals surface area contributed by atoms with Crippen LogP contribution in [0, 0.1) is 11.7 Å². The number of pyridine rings is 3. The second-order valence-electron chi connectivity index (χ2n) is 10.6. The van der Waals surface area contributed by atoms with Crippen molar-refractivity contribution in [1.29, 1.82) is 0 Å². The SMILES string of the molecule is CS(=O)(=O)NCc1cc(F)cc(-c2ccnc3[nH]c(-c4n[nH]c5ccc(-c6cncc(NC(=O)C7CC7)c6)nc45)cc23)c1. The molecule has 1 aromatic carbocycles. The van der Waals surface area contributed by atoms with Gasteiger partial charge < -0.3 is 10.3 Å². The molecular weight excluding hydrogens is 571 g/mol. The number of nitrogens with one attached hydrogen (secondary N) is 4. The first-order valence-corrected chi connectivity index (χ1v) is 15.4. The molecule has 7 rings (SSSR count). The smallest absolute Gasteiger partial charge is 0.227 e. The molecular formula is C30H25FN8O3S. The Labute approximate surface area is 245 Å². The molecule has 5 heterocycles. The van der Waals surface area contributed by atoms with E-state index in [1.807, 2.05) is 24.3 Å². The van der Waals surface area contributed by atoms with Crippen LogP contribution < -0.4 is 10.0 Å². The summed E-state index contributed by atoms with van der Waals surface area (Å²) in [5, 5.41) is 11.2. The molecule has 6 aromatic rings. The fourth-order valence-corrected chi connectivity index (χ4v) is 5.44. The Bertz CT molecular complexity index is 2150. The quantitative estimate of drug-likeness (QED) is 0.197. The van der Waals surface area contributed by atoms with Crippen LogP contribution in [-0.2, 0) is 21.4 Å². The fraction of sp³-hybridized carbons (Fsp3) is 0.167. The Morgan fingerprint density at radius 1 is 1.07 bits per heavy atom. The molecule has 43 heavy (non-hydrogen) atoms. The number of H-pyrrole nitrogens is 2. The zero-order valence-corrected chi connectivity index (χ0v) is 23.7. The summed E-state index contributed by atoms with van der Waals surface area (Å²) in [6.45, 7) is -0.0330. The molecule has 0 spiro atoms. The number of fused-ring (bicyclic) bond motifs is 2. The van der Waals surface area contributed by atoms with E-state index in [-0.39, 0.29) is 18.4 Å². The lowest BCUT2D eigenvalue weighted by molar-refractivity contribution is -0.117. The fourth-order valence-electron chi connectivity index (χ4n) is 5.01. The molecule has 4 N–H and O–H groups in total. The maximum Gasteiger partial charge on any atom is 0.227 e. The third kappa shape index (κ3) is 5.59.